The fraction of sp³-hybridized carbons (Fsp3) is 0.611. The van der Waals surface area contributed by atoms with Gasteiger partial charge in [-0.2, -0.15) is 0 Å². The van der Waals surface area contributed by atoms with E-state index in [-0.39, 0.29) is 17.2 Å². The van der Waals surface area contributed by atoms with E-state index in [0.717, 1.165) is 30.2 Å². The van der Waals surface area contributed by atoms with Crippen LogP contribution in [0.3, 0.4) is 0 Å². The van der Waals surface area contributed by atoms with Gasteiger partial charge in [-0.25, -0.2) is 0 Å². The number of halogens is 1. The van der Waals surface area contributed by atoms with Gasteiger partial charge < -0.3 is 15.8 Å². The Bertz CT molecular complexity index is 554. The number of rotatable bonds is 5. The van der Waals surface area contributed by atoms with Crippen molar-refractivity contribution in [2.24, 2.45) is 11.7 Å². The highest BCUT2D eigenvalue weighted by Crippen LogP contribution is 2.43. The van der Waals surface area contributed by atoms with E-state index in [1.165, 1.54) is 12.0 Å². The molecular weight excluding hydrogens is 356 g/mol. The van der Waals surface area contributed by atoms with Crippen LogP contribution < -0.4 is 11.1 Å². The molecule has 1 saturated heterocycles. The van der Waals surface area contributed by atoms with E-state index in [2.05, 4.69) is 39.4 Å². The maximum atomic E-state index is 12.4. The van der Waals surface area contributed by atoms with Crippen LogP contribution in [0.15, 0.2) is 28.7 Å². The molecule has 2 fully saturated rings. The third-order valence-electron chi connectivity index (χ3n) is 5.43. The third-order valence-corrected chi connectivity index (χ3v) is 5.92. The molecule has 5 heteroatoms. The van der Waals surface area contributed by atoms with Crippen molar-refractivity contribution in [3.8, 4) is 0 Å². The highest BCUT2D eigenvalue weighted by atomic mass is 79.9. The summed E-state index contributed by atoms with van der Waals surface area (Å²) in [7, 11) is 0. The van der Waals surface area contributed by atoms with Crippen molar-refractivity contribution in [3.63, 3.8) is 0 Å². The monoisotopic (exact) mass is 380 g/mol. The Balaban J connectivity index is 1.60. The number of carbonyl (C=O) groups excluding carboxylic acids is 1. The molecule has 0 aromatic heterocycles. The summed E-state index contributed by atoms with van der Waals surface area (Å²) in [4.78, 5) is 12.4. The molecule has 0 radical (unpaired) electrons. The summed E-state index contributed by atoms with van der Waals surface area (Å²) < 4.78 is 6.44. The largest absolute Gasteiger partial charge is 0.381 e. The Kier molecular flexibility index (Phi) is 5.39. The lowest BCUT2D eigenvalue weighted by Gasteiger charge is -2.43. The second-order valence-electron chi connectivity index (χ2n) is 6.84. The lowest BCUT2D eigenvalue weighted by atomic mass is 9.64. The van der Waals surface area contributed by atoms with Crippen molar-refractivity contribution in [3.05, 3.63) is 34.3 Å². The molecule has 126 valence electrons. The van der Waals surface area contributed by atoms with Crippen LogP contribution in [0.4, 0.5) is 0 Å². The van der Waals surface area contributed by atoms with Gasteiger partial charge in [-0.3, -0.25) is 4.79 Å². The van der Waals surface area contributed by atoms with Gasteiger partial charge in [-0.05, 0) is 49.3 Å². The van der Waals surface area contributed by atoms with Crippen LogP contribution in [0.2, 0.25) is 0 Å². The molecule has 2 aliphatic rings. The fourth-order valence-corrected chi connectivity index (χ4v) is 4.05. The fourth-order valence-electron chi connectivity index (χ4n) is 3.65. The molecule has 1 aromatic rings. The van der Waals surface area contributed by atoms with Crippen molar-refractivity contribution >= 4 is 21.8 Å². The molecule has 3 N–H and O–H groups in total. The molecule has 1 unspecified atom stereocenters. The van der Waals surface area contributed by atoms with Gasteiger partial charge in [0, 0.05) is 29.6 Å². The predicted octanol–water partition coefficient (Wildman–Crippen LogP) is 2.74. The topological polar surface area (TPSA) is 64.4 Å². The zero-order valence-electron chi connectivity index (χ0n) is 13.4. The molecule has 1 aliphatic carbocycles. The maximum absolute atomic E-state index is 12.4. The Morgan fingerprint density at radius 2 is 2.13 bits per heavy atom. The van der Waals surface area contributed by atoms with E-state index >= 15 is 0 Å². The molecule has 1 saturated carbocycles. The van der Waals surface area contributed by atoms with Gasteiger partial charge in [0.25, 0.3) is 0 Å². The minimum atomic E-state index is -0.418. The first-order valence-corrected chi connectivity index (χ1v) is 9.27. The van der Waals surface area contributed by atoms with Gasteiger partial charge in [0.05, 0.1) is 6.04 Å². The summed E-state index contributed by atoms with van der Waals surface area (Å²) in [6.45, 7) is 2.11. The van der Waals surface area contributed by atoms with E-state index in [1.807, 2.05) is 6.07 Å². The number of hydrogen-bond acceptors (Lipinski definition) is 3. The van der Waals surface area contributed by atoms with Crippen LogP contribution >= 0.6 is 15.9 Å². The van der Waals surface area contributed by atoms with Crippen molar-refractivity contribution in [1.29, 1.82) is 0 Å². The Hall–Kier alpha value is -0.910. The summed E-state index contributed by atoms with van der Waals surface area (Å²) in [5.41, 5.74) is 7.55. The molecule has 1 heterocycles. The minimum Gasteiger partial charge on any atom is -0.381 e. The Labute approximate surface area is 146 Å². The molecule has 4 nitrogen and oxygen atoms in total. The van der Waals surface area contributed by atoms with E-state index in [0.29, 0.717) is 19.8 Å². The van der Waals surface area contributed by atoms with Gasteiger partial charge >= 0.3 is 0 Å². The molecule has 1 atom stereocenters. The summed E-state index contributed by atoms with van der Waals surface area (Å²) in [6.07, 6.45) is 5.22. The van der Waals surface area contributed by atoms with Crippen LogP contribution in [-0.2, 0) is 14.9 Å². The maximum Gasteiger partial charge on any atom is 0.237 e. The van der Waals surface area contributed by atoms with Crippen LogP contribution in [0.5, 0.6) is 0 Å². The van der Waals surface area contributed by atoms with Crippen molar-refractivity contribution in [1.82, 2.24) is 5.32 Å². The molecule has 1 aliphatic heterocycles. The van der Waals surface area contributed by atoms with Crippen molar-refractivity contribution < 1.29 is 9.53 Å². The average molecular weight is 381 g/mol. The molecule has 0 spiro atoms. The SMILES string of the molecule is NC(C(=O)NCC1(c2cccc(Br)c2)CCC1)C1CCOCC1. The number of hydrogen-bond donors (Lipinski definition) is 2. The summed E-state index contributed by atoms with van der Waals surface area (Å²) in [6, 6.07) is 8.02. The summed E-state index contributed by atoms with van der Waals surface area (Å²) in [5.74, 6) is 0.227. The van der Waals surface area contributed by atoms with E-state index in [9.17, 15) is 4.79 Å². The van der Waals surface area contributed by atoms with Crippen molar-refractivity contribution in [2.45, 2.75) is 43.6 Å². The standard InChI is InChI=1S/C18H25BrN2O2/c19-15-4-1-3-14(11-15)18(7-2-8-18)12-21-17(22)16(20)13-5-9-23-10-6-13/h1,3-4,11,13,16H,2,5-10,12,20H2,(H,21,22). The van der Waals surface area contributed by atoms with Crippen LogP contribution in [0.25, 0.3) is 0 Å². The second-order valence-corrected chi connectivity index (χ2v) is 7.75. The summed E-state index contributed by atoms with van der Waals surface area (Å²) in [5, 5.41) is 3.12. The number of amides is 1. The van der Waals surface area contributed by atoms with Crippen molar-refractivity contribution in [2.75, 3.05) is 19.8 Å². The molecule has 0 bridgehead atoms. The zero-order valence-corrected chi connectivity index (χ0v) is 15.0. The number of ether oxygens (including phenoxy) is 1. The normalized spacial score (nSPS) is 22.2. The Morgan fingerprint density at radius 3 is 2.74 bits per heavy atom. The lowest BCUT2D eigenvalue weighted by molar-refractivity contribution is -0.124. The van der Waals surface area contributed by atoms with E-state index < -0.39 is 6.04 Å². The Morgan fingerprint density at radius 1 is 1.39 bits per heavy atom. The molecular formula is C18H25BrN2O2. The van der Waals surface area contributed by atoms with Gasteiger partial charge in [0.1, 0.15) is 0 Å². The van der Waals surface area contributed by atoms with Gasteiger partial charge in [-0.15, -0.1) is 0 Å². The van der Waals surface area contributed by atoms with Crippen LogP contribution in [-0.4, -0.2) is 31.7 Å². The zero-order chi connectivity index (χ0) is 16.3. The number of benzene rings is 1. The minimum absolute atomic E-state index is 0.0156. The quantitative estimate of drug-likeness (QED) is 0.825. The average Bonchev–Trinajstić information content (AvgIpc) is 2.54. The van der Waals surface area contributed by atoms with E-state index in [4.69, 9.17) is 10.5 Å². The van der Waals surface area contributed by atoms with E-state index in [1.54, 1.807) is 0 Å². The molecule has 23 heavy (non-hydrogen) atoms. The summed E-state index contributed by atoms with van der Waals surface area (Å²) >= 11 is 3.54. The van der Waals surface area contributed by atoms with Crippen LogP contribution in [0.1, 0.15) is 37.7 Å². The lowest BCUT2D eigenvalue weighted by Crippen LogP contribution is -2.52. The number of nitrogens with two attached hydrogens (primary N) is 1. The smallest absolute Gasteiger partial charge is 0.237 e. The third kappa shape index (κ3) is 3.78. The highest BCUT2D eigenvalue weighted by Gasteiger charge is 2.39. The molecule has 1 amide bonds. The van der Waals surface area contributed by atoms with Gasteiger partial charge in [0.15, 0.2) is 0 Å². The molecule has 1 aromatic carbocycles. The van der Waals surface area contributed by atoms with Crippen LogP contribution in [0, 0.1) is 5.92 Å². The first-order chi connectivity index (χ1) is 11.1. The first-order valence-electron chi connectivity index (χ1n) is 8.48. The molecule has 3 rings (SSSR count). The highest BCUT2D eigenvalue weighted by molar-refractivity contribution is 9.10. The first kappa shape index (κ1) is 16.9. The number of carbonyl (C=O) groups is 1. The predicted molar refractivity (Wildman–Crippen MR) is 94.2 cm³/mol. The second kappa shape index (κ2) is 7.32. The van der Waals surface area contributed by atoms with Gasteiger partial charge in [-0.1, -0.05) is 34.5 Å². The number of nitrogens with one attached hydrogen (secondary N) is 1. The van der Waals surface area contributed by atoms with Gasteiger partial charge in [0.2, 0.25) is 5.91 Å².